The highest BCUT2D eigenvalue weighted by Crippen LogP contribution is 2.29. The molecule has 0 saturated heterocycles. The molecule has 0 radical (unpaired) electrons. The second kappa shape index (κ2) is 6.68. The Morgan fingerprint density at radius 1 is 0.952 bits per heavy atom. The van der Waals surface area contributed by atoms with Gasteiger partial charge < -0.3 is 4.74 Å². The normalized spacial score (nSPS) is 22.3. The molecule has 21 heavy (non-hydrogen) atoms. The average molecular weight is 281 g/mol. The van der Waals surface area contributed by atoms with Crippen LogP contribution in [0.4, 0.5) is 0 Å². The number of hydroxylamine groups is 2. The van der Waals surface area contributed by atoms with Crippen LogP contribution in [0.25, 0.3) is 0 Å². The number of hydrogen-bond acceptors (Lipinski definition) is 3. The van der Waals surface area contributed by atoms with Gasteiger partial charge in [-0.05, 0) is 17.2 Å². The molecule has 0 spiro atoms. The summed E-state index contributed by atoms with van der Waals surface area (Å²) in [6.07, 6.45) is 3.77. The fraction of sp³-hybridized carbons (Fsp3) is 0.222. The summed E-state index contributed by atoms with van der Waals surface area (Å²) >= 11 is 0. The van der Waals surface area contributed by atoms with E-state index in [4.69, 9.17) is 9.57 Å². The van der Waals surface area contributed by atoms with E-state index in [0.717, 1.165) is 0 Å². The third-order valence-electron chi connectivity index (χ3n) is 3.55. The molecule has 1 aliphatic heterocycles. The van der Waals surface area contributed by atoms with Crippen LogP contribution in [0, 0.1) is 0 Å². The number of hydrogen-bond donors (Lipinski definition) is 0. The lowest BCUT2D eigenvalue weighted by molar-refractivity contribution is -0.279. The van der Waals surface area contributed by atoms with E-state index in [0.29, 0.717) is 6.54 Å². The van der Waals surface area contributed by atoms with Crippen LogP contribution in [0.3, 0.4) is 0 Å². The van der Waals surface area contributed by atoms with Crippen LogP contribution in [-0.2, 0) is 16.1 Å². The predicted molar refractivity (Wildman–Crippen MR) is 82.2 cm³/mol. The number of rotatable bonds is 4. The van der Waals surface area contributed by atoms with Crippen molar-refractivity contribution in [3.63, 3.8) is 0 Å². The topological polar surface area (TPSA) is 21.7 Å². The van der Waals surface area contributed by atoms with Gasteiger partial charge in [0.15, 0.2) is 6.29 Å². The minimum Gasteiger partial charge on any atom is -0.351 e. The van der Waals surface area contributed by atoms with E-state index in [1.807, 2.05) is 47.5 Å². The van der Waals surface area contributed by atoms with Gasteiger partial charge >= 0.3 is 0 Å². The molecule has 0 fully saturated rings. The molecule has 3 heteroatoms. The highest BCUT2D eigenvalue weighted by molar-refractivity contribution is 5.24. The first-order chi connectivity index (χ1) is 10.4. The van der Waals surface area contributed by atoms with Crippen molar-refractivity contribution in [3.05, 3.63) is 83.9 Å². The Kier molecular flexibility index (Phi) is 4.46. The molecule has 3 nitrogen and oxygen atoms in total. The zero-order valence-corrected chi connectivity index (χ0v) is 12.1. The van der Waals surface area contributed by atoms with Crippen molar-refractivity contribution in [2.45, 2.75) is 18.9 Å². The molecule has 0 N–H and O–H groups in total. The lowest BCUT2D eigenvalue weighted by Gasteiger charge is -2.34. The van der Waals surface area contributed by atoms with E-state index < -0.39 is 0 Å². The first-order valence-electron chi connectivity index (χ1n) is 7.10. The van der Waals surface area contributed by atoms with Crippen molar-refractivity contribution < 1.29 is 9.57 Å². The van der Waals surface area contributed by atoms with Crippen LogP contribution in [-0.4, -0.2) is 18.5 Å². The summed E-state index contributed by atoms with van der Waals surface area (Å²) in [5.74, 6) is 0. The van der Waals surface area contributed by atoms with Gasteiger partial charge in [0.2, 0.25) is 0 Å². The Morgan fingerprint density at radius 3 is 2.29 bits per heavy atom. The lowest BCUT2D eigenvalue weighted by Crippen LogP contribution is -2.35. The van der Waals surface area contributed by atoms with Gasteiger partial charge in [-0.3, -0.25) is 4.84 Å². The van der Waals surface area contributed by atoms with Gasteiger partial charge in [-0.2, -0.15) is 5.06 Å². The smallest absolute Gasteiger partial charge is 0.196 e. The maximum absolute atomic E-state index is 5.93. The van der Waals surface area contributed by atoms with E-state index >= 15 is 0 Å². The molecule has 0 bridgehead atoms. The Balaban J connectivity index is 1.85. The first-order valence-corrected chi connectivity index (χ1v) is 7.10. The summed E-state index contributed by atoms with van der Waals surface area (Å²) in [6.45, 7) is 0.713. The van der Waals surface area contributed by atoms with Crippen molar-refractivity contribution in [2.75, 3.05) is 7.11 Å². The SMILES string of the molecule is COC1C=CC(c2ccccc2)N(Cc2ccccc2)O1. The van der Waals surface area contributed by atoms with Gasteiger partial charge in [0.25, 0.3) is 0 Å². The van der Waals surface area contributed by atoms with Crippen LogP contribution in [0.1, 0.15) is 17.2 Å². The molecule has 0 aromatic heterocycles. The highest BCUT2D eigenvalue weighted by Gasteiger charge is 2.26. The minimum absolute atomic E-state index is 0.0952. The zero-order chi connectivity index (χ0) is 14.5. The molecule has 1 aliphatic rings. The molecule has 2 atom stereocenters. The van der Waals surface area contributed by atoms with Crippen molar-refractivity contribution in [2.24, 2.45) is 0 Å². The number of benzene rings is 2. The van der Waals surface area contributed by atoms with Gasteiger partial charge in [0, 0.05) is 7.11 Å². The third-order valence-corrected chi connectivity index (χ3v) is 3.55. The standard InChI is InChI=1S/C18H19NO2/c1-20-18-13-12-17(16-10-6-3-7-11-16)19(21-18)14-15-8-4-2-5-9-15/h2-13,17-18H,14H2,1H3. The zero-order valence-electron chi connectivity index (χ0n) is 12.1. The van der Waals surface area contributed by atoms with Gasteiger partial charge in [-0.25, -0.2) is 0 Å². The van der Waals surface area contributed by atoms with Crippen molar-refractivity contribution >= 4 is 0 Å². The van der Waals surface area contributed by atoms with E-state index in [9.17, 15) is 0 Å². The summed E-state index contributed by atoms with van der Waals surface area (Å²) < 4.78 is 5.29. The summed E-state index contributed by atoms with van der Waals surface area (Å²) in [5.41, 5.74) is 2.42. The summed E-state index contributed by atoms with van der Waals surface area (Å²) in [4.78, 5) is 5.93. The largest absolute Gasteiger partial charge is 0.351 e. The number of nitrogens with zero attached hydrogens (tertiary/aromatic N) is 1. The van der Waals surface area contributed by atoms with Crippen LogP contribution in [0.2, 0.25) is 0 Å². The first kappa shape index (κ1) is 14.0. The third kappa shape index (κ3) is 3.39. The Hall–Kier alpha value is -1.94. The van der Waals surface area contributed by atoms with E-state index in [1.165, 1.54) is 11.1 Å². The van der Waals surface area contributed by atoms with E-state index in [1.54, 1.807) is 7.11 Å². The fourth-order valence-electron chi connectivity index (χ4n) is 2.47. The van der Waals surface area contributed by atoms with Crippen molar-refractivity contribution in [3.8, 4) is 0 Å². The van der Waals surface area contributed by atoms with Gasteiger partial charge in [0.05, 0.1) is 12.6 Å². The minimum atomic E-state index is -0.325. The summed E-state index contributed by atoms with van der Waals surface area (Å²) in [6, 6.07) is 20.8. The molecule has 0 aliphatic carbocycles. The van der Waals surface area contributed by atoms with Crippen LogP contribution >= 0.6 is 0 Å². The fourth-order valence-corrected chi connectivity index (χ4v) is 2.47. The molecule has 1 heterocycles. The van der Waals surface area contributed by atoms with Crippen LogP contribution in [0.5, 0.6) is 0 Å². The molecule has 2 unspecified atom stereocenters. The molecule has 2 aromatic carbocycles. The molecule has 0 amide bonds. The molecule has 0 saturated carbocycles. The summed E-state index contributed by atoms with van der Waals surface area (Å²) in [7, 11) is 1.65. The Labute approximate surface area is 125 Å². The number of methoxy groups -OCH3 is 1. The Morgan fingerprint density at radius 2 is 1.62 bits per heavy atom. The molecular weight excluding hydrogens is 262 g/mol. The maximum Gasteiger partial charge on any atom is 0.196 e. The van der Waals surface area contributed by atoms with E-state index in [2.05, 4.69) is 30.3 Å². The molecule has 108 valence electrons. The second-order valence-corrected chi connectivity index (χ2v) is 5.01. The average Bonchev–Trinajstić information content (AvgIpc) is 2.56. The van der Waals surface area contributed by atoms with Crippen LogP contribution < -0.4 is 0 Å². The van der Waals surface area contributed by atoms with Gasteiger partial charge in [-0.15, -0.1) is 0 Å². The second-order valence-electron chi connectivity index (χ2n) is 5.01. The summed E-state index contributed by atoms with van der Waals surface area (Å²) in [5, 5.41) is 1.97. The maximum atomic E-state index is 5.93. The van der Waals surface area contributed by atoms with Crippen molar-refractivity contribution in [1.29, 1.82) is 0 Å². The van der Waals surface area contributed by atoms with Crippen LogP contribution in [0.15, 0.2) is 72.8 Å². The molecular formula is C18H19NO2. The lowest BCUT2D eigenvalue weighted by atomic mass is 10.0. The number of ether oxygens (including phenoxy) is 1. The van der Waals surface area contributed by atoms with Gasteiger partial charge in [-0.1, -0.05) is 66.7 Å². The Bertz CT molecular complexity index is 583. The van der Waals surface area contributed by atoms with E-state index in [-0.39, 0.29) is 12.3 Å². The van der Waals surface area contributed by atoms with Gasteiger partial charge in [0.1, 0.15) is 0 Å². The molecule has 2 aromatic rings. The van der Waals surface area contributed by atoms with Crippen molar-refractivity contribution in [1.82, 2.24) is 5.06 Å². The molecule has 3 rings (SSSR count). The highest BCUT2D eigenvalue weighted by atomic mass is 16.8. The monoisotopic (exact) mass is 281 g/mol. The quantitative estimate of drug-likeness (QED) is 0.798. The predicted octanol–water partition coefficient (Wildman–Crippen LogP) is 3.70.